The topological polar surface area (TPSA) is 49.9 Å². The molecule has 5 heteroatoms. The molecule has 1 unspecified atom stereocenters. The molecule has 2 heterocycles. The molecule has 0 aliphatic carbocycles. The lowest BCUT2D eigenvalue weighted by atomic mass is 9.68. The number of hydrogen-bond acceptors (Lipinski definition) is 4. The molecule has 1 amide bonds. The van der Waals surface area contributed by atoms with E-state index >= 15 is 0 Å². The van der Waals surface area contributed by atoms with Gasteiger partial charge in [0.05, 0.1) is 7.11 Å². The minimum Gasteiger partial charge on any atom is -0.469 e. The number of benzene rings is 1. The van der Waals surface area contributed by atoms with Gasteiger partial charge in [-0.3, -0.25) is 9.59 Å². The summed E-state index contributed by atoms with van der Waals surface area (Å²) in [5.41, 5.74) is 1.75. The summed E-state index contributed by atoms with van der Waals surface area (Å²) >= 11 is 0. The molecule has 0 saturated carbocycles. The molecular weight excluding hydrogens is 340 g/mol. The Balaban J connectivity index is 1.53. The third-order valence-corrected chi connectivity index (χ3v) is 6.26. The summed E-state index contributed by atoms with van der Waals surface area (Å²) < 4.78 is 4.64. The standard InChI is InChI=1S/C22H32N2O3/c1-23-16-19(18-7-4-3-5-8-18)15-22(17-23)11-13-24(14-12-22)20(25)9-6-10-21(26)27-2/h3-5,7-8,19H,6,9-17H2,1-2H3. The molecule has 5 nitrogen and oxygen atoms in total. The third kappa shape index (κ3) is 5.10. The Kier molecular flexibility index (Phi) is 6.53. The largest absolute Gasteiger partial charge is 0.469 e. The van der Waals surface area contributed by atoms with Gasteiger partial charge in [-0.2, -0.15) is 0 Å². The van der Waals surface area contributed by atoms with Crippen LogP contribution in [0.15, 0.2) is 30.3 Å². The number of esters is 1. The van der Waals surface area contributed by atoms with Crippen molar-refractivity contribution in [2.45, 2.75) is 44.4 Å². The van der Waals surface area contributed by atoms with Crippen LogP contribution in [0.2, 0.25) is 0 Å². The minimum atomic E-state index is -0.238. The lowest BCUT2D eigenvalue weighted by Crippen LogP contribution is -2.51. The maximum atomic E-state index is 12.5. The highest BCUT2D eigenvalue weighted by Crippen LogP contribution is 2.44. The molecule has 3 rings (SSSR count). The lowest BCUT2D eigenvalue weighted by molar-refractivity contribution is -0.141. The highest BCUT2D eigenvalue weighted by Gasteiger charge is 2.41. The van der Waals surface area contributed by atoms with Crippen LogP contribution in [0.1, 0.15) is 50.0 Å². The third-order valence-electron chi connectivity index (χ3n) is 6.26. The van der Waals surface area contributed by atoms with Crippen LogP contribution >= 0.6 is 0 Å². The van der Waals surface area contributed by atoms with E-state index in [0.717, 1.165) is 39.0 Å². The van der Waals surface area contributed by atoms with E-state index in [4.69, 9.17) is 0 Å². The average molecular weight is 373 g/mol. The van der Waals surface area contributed by atoms with Crippen LogP contribution in [-0.4, -0.2) is 62.0 Å². The minimum absolute atomic E-state index is 0.178. The van der Waals surface area contributed by atoms with Crippen molar-refractivity contribution in [1.29, 1.82) is 0 Å². The predicted octanol–water partition coefficient (Wildman–Crippen LogP) is 3.06. The summed E-state index contributed by atoms with van der Waals surface area (Å²) in [5, 5.41) is 0. The van der Waals surface area contributed by atoms with E-state index in [0.29, 0.717) is 30.6 Å². The Bertz CT molecular complexity index is 638. The van der Waals surface area contributed by atoms with Crippen molar-refractivity contribution in [3.8, 4) is 0 Å². The molecular formula is C22H32N2O3. The van der Waals surface area contributed by atoms with Crippen LogP contribution < -0.4 is 0 Å². The lowest BCUT2D eigenvalue weighted by Gasteiger charge is -2.49. The molecule has 1 spiro atoms. The van der Waals surface area contributed by atoms with Gasteiger partial charge in [0.1, 0.15) is 0 Å². The summed E-state index contributed by atoms with van der Waals surface area (Å²) in [4.78, 5) is 28.1. The Morgan fingerprint density at radius 1 is 1.15 bits per heavy atom. The number of likely N-dealkylation sites (tertiary alicyclic amines) is 2. The van der Waals surface area contributed by atoms with Crippen LogP contribution in [0.4, 0.5) is 0 Å². The summed E-state index contributed by atoms with van der Waals surface area (Å²) in [6, 6.07) is 10.8. The van der Waals surface area contributed by atoms with Crippen molar-refractivity contribution >= 4 is 11.9 Å². The quantitative estimate of drug-likeness (QED) is 0.746. The summed E-state index contributed by atoms with van der Waals surface area (Å²) in [7, 11) is 3.61. The summed E-state index contributed by atoms with van der Waals surface area (Å²) in [6.45, 7) is 3.92. The van der Waals surface area contributed by atoms with E-state index in [1.54, 1.807) is 0 Å². The zero-order valence-electron chi connectivity index (χ0n) is 16.7. The fourth-order valence-corrected chi connectivity index (χ4v) is 4.85. The highest BCUT2D eigenvalue weighted by atomic mass is 16.5. The van der Waals surface area contributed by atoms with Crippen LogP contribution in [0, 0.1) is 5.41 Å². The number of carbonyl (C=O) groups excluding carboxylic acids is 2. The Labute approximate surface area is 162 Å². The molecule has 0 bridgehead atoms. The van der Waals surface area contributed by atoms with E-state index < -0.39 is 0 Å². The fraction of sp³-hybridized carbons (Fsp3) is 0.636. The first-order chi connectivity index (χ1) is 13.0. The molecule has 2 aliphatic rings. The van der Waals surface area contributed by atoms with Crippen LogP contribution in [-0.2, 0) is 14.3 Å². The summed E-state index contributed by atoms with van der Waals surface area (Å²) in [6.07, 6.45) is 4.70. The maximum absolute atomic E-state index is 12.5. The molecule has 0 aromatic heterocycles. The van der Waals surface area contributed by atoms with Crippen molar-refractivity contribution in [2.75, 3.05) is 40.3 Å². The van der Waals surface area contributed by atoms with E-state index in [2.05, 4.69) is 47.0 Å². The normalized spacial score (nSPS) is 22.6. The first-order valence-corrected chi connectivity index (χ1v) is 10.1. The van der Waals surface area contributed by atoms with Gasteiger partial charge in [0, 0.05) is 39.0 Å². The van der Waals surface area contributed by atoms with Crippen molar-refractivity contribution in [1.82, 2.24) is 9.80 Å². The molecule has 1 atom stereocenters. The molecule has 27 heavy (non-hydrogen) atoms. The zero-order valence-corrected chi connectivity index (χ0v) is 16.7. The molecule has 0 N–H and O–H groups in total. The number of piperidine rings is 2. The molecule has 2 saturated heterocycles. The van der Waals surface area contributed by atoms with Gasteiger partial charge in [-0.25, -0.2) is 0 Å². The number of rotatable bonds is 5. The van der Waals surface area contributed by atoms with Gasteiger partial charge >= 0.3 is 5.97 Å². The Hall–Kier alpha value is -1.88. The molecule has 148 valence electrons. The van der Waals surface area contributed by atoms with Gasteiger partial charge in [-0.05, 0) is 49.6 Å². The van der Waals surface area contributed by atoms with Crippen molar-refractivity contribution in [3.05, 3.63) is 35.9 Å². The van der Waals surface area contributed by atoms with E-state index in [-0.39, 0.29) is 11.9 Å². The van der Waals surface area contributed by atoms with Gasteiger partial charge in [-0.15, -0.1) is 0 Å². The SMILES string of the molecule is COC(=O)CCCC(=O)N1CCC2(CC1)CC(c1ccccc1)CN(C)C2. The highest BCUT2D eigenvalue weighted by molar-refractivity contribution is 5.77. The molecule has 0 radical (unpaired) electrons. The number of methoxy groups -OCH3 is 1. The van der Waals surface area contributed by atoms with Crippen molar-refractivity contribution in [3.63, 3.8) is 0 Å². The number of ether oxygens (including phenoxy) is 1. The first-order valence-electron chi connectivity index (χ1n) is 10.1. The van der Waals surface area contributed by atoms with E-state index in [1.165, 1.54) is 19.1 Å². The van der Waals surface area contributed by atoms with E-state index in [9.17, 15) is 9.59 Å². The first kappa shape index (κ1) is 19.9. The predicted molar refractivity (Wildman–Crippen MR) is 105 cm³/mol. The molecule has 1 aromatic rings. The van der Waals surface area contributed by atoms with Crippen LogP contribution in [0.3, 0.4) is 0 Å². The Morgan fingerprint density at radius 2 is 1.85 bits per heavy atom. The second kappa shape index (κ2) is 8.87. The van der Waals surface area contributed by atoms with Crippen molar-refractivity contribution in [2.24, 2.45) is 5.41 Å². The van der Waals surface area contributed by atoms with Crippen LogP contribution in [0.5, 0.6) is 0 Å². The number of nitrogens with zero attached hydrogens (tertiary/aromatic N) is 2. The monoisotopic (exact) mass is 372 g/mol. The maximum Gasteiger partial charge on any atom is 0.305 e. The van der Waals surface area contributed by atoms with Gasteiger partial charge in [-0.1, -0.05) is 30.3 Å². The molecule has 1 aromatic carbocycles. The molecule has 2 aliphatic heterocycles. The fourth-order valence-electron chi connectivity index (χ4n) is 4.85. The summed E-state index contributed by atoms with van der Waals surface area (Å²) in [5.74, 6) is 0.516. The van der Waals surface area contributed by atoms with Gasteiger partial charge in [0.2, 0.25) is 5.91 Å². The van der Waals surface area contributed by atoms with Crippen LogP contribution in [0.25, 0.3) is 0 Å². The van der Waals surface area contributed by atoms with E-state index in [1.807, 2.05) is 4.90 Å². The number of amides is 1. The number of carbonyl (C=O) groups is 2. The Morgan fingerprint density at radius 3 is 2.52 bits per heavy atom. The zero-order chi connectivity index (χ0) is 19.3. The second-order valence-corrected chi connectivity index (χ2v) is 8.32. The van der Waals surface area contributed by atoms with Gasteiger partial charge in [0.15, 0.2) is 0 Å². The van der Waals surface area contributed by atoms with Crippen molar-refractivity contribution < 1.29 is 14.3 Å². The number of likely N-dealkylation sites (N-methyl/N-ethyl adjacent to an activating group) is 1. The van der Waals surface area contributed by atoms with Gasteiger partial charge < -0.3 is 14.5 Å². The number of hydrogen-bond donors (Lipinski definition) is 0. The second-order valence-electron chi connectivity index (χ2n) is 8.32. The smallest absolute Gasteiger partial charge is 0.305 e. The molecule has 2 fully saturated rings. The average Bonchev–Trinajstić information content (AvgIpc) is 2.68. The van der Waals surface area contributed by atoms with Gasteiger partial charge in [0.25, 0.3) is 0 Å².